The van der Waals surface area contributed by atoms with Crippen LogP contribution in [-0.2, 0) is 31.9 Å². The van der Waals surface area contributed by atoms with Gasteiger partial charge in [-0.15, -0.1) is 0 Å². The summed E-state index contributed by atoms with van der Waals surface area (Å²) in [4.78, 5) is 35.1. The lowest BCUT2D eigenvalue weighted by Crippen LogP contribution is -2.28. The predicted octanol–water partition coefficient (Wildman–Crippen LogP) is 4.28. The number of aryl methyl sites for hydroxylation is 2. The lowest BCUT2D eigenvalue weighted by Gasteiger charge is -2.23. The summed E-state index contributed by atoms with van der Waals surface area (Å²) in [6.45, 7) is 3.96. The van der Waals surface area contributed by atoms with E-state index in [-0.39, 0.29) is 36.0 Å². The molecule has 2 aliphatic rings. The van der Waals surface area contributed by atoms with Crippen LogP contribution in [0.25, 0.3) is 6.08 Å². The largest absolute Gasteiger partial charge is 0.497 e. The molecule has 0 N–H and O–H groups in total. The van der Waals surface area contributed by atoms with Gasteiger partial charge in [-0.3, -0.25) is 14.4 Å². The number of carbonyl (C=O) groups is 3. The minimum absolute atomic E-state index is 0.0198. The lowest BCUT2D eigenvalue weighted by atomic mass is 9.81. The molecule has 0 heterocycles. The van der Waals surface area contributed by atoms with Crippen molar-refractivity contribution in [2.24, 2.45) is 11.8 Å². The monoisotopic (exact) mass is 480 g/mol. The first-order valence-corrected chi connectivity index (χ1v) is 11.4. The van der Waals surface area contributed by atoms with Crippen LogP contribution in [0.3, 0.4) is 0 Å². The summed E-state index contributed by atoms with van der Waals surface area (Å²) in [5.41, 5.74) is 6.06. The van der Waals surface area contributed by atoms with E-state index in [1.165, 1.54) is 19.8 Å². The number of fused-ring (bicyclic) bond motifs is 2. The highest BCUT2D eigenvalue weighted by molar-refractivity contribution is 6.01. The fourth-order valence-electron chi connectivity index (χ4n) is 4.58. The molecule has 7 heteroatoms. The first kappa shape index (κ1) is 26.0. The van der Waals surface area contributed by atoms with Crippen LogP contribution >= 0.6 is 0 Å². The second-order valence-corrected chi connectivity index (χ2v) is 8.73. The van der Waals surface area contributed by atoms with Gasteiger partial charge in [-0.1, -0.05) is 12.2 Å². The van der Waals surface area contributed by atoms with Crippen LogP contribution in [0.1, 0.15) is 44.6 Å². The highest BCUT2D eigenvalue weighted by atomic mass is 16.5. The molecule has 186 valence electrons. The number of benzene rings is 2. The molecule has 0 aromatic heterocycles. The van der Waals surface area contributed by atoms with E-state index in [1.807, 2.05) is 44.2 Å². The highest BCUT2D eigenvalue weighted by Crippen LogP contribution is 2.32. The number of Topliss-reactive ketones (excluding diaryl/α,β-unsaturated/α-hetero) is 1. The van der Waals surface area contributed by atoms with Crippen molar-refractivity contribution in [2.45, 2.75) is 33.1 Å². The van der Waals surface area contributed by atoms with Crippen LogP contribution in [0.2, 0.25) is 0 Å². The maximum Gasteiger partial charge on any atom is 0.312 e. The number of methoxy groups -OCH3 is 4. The third-order valence-corrected chi connectivity index (χ3v) is 6.55. The van der Waals surface area contributed by atoms with Gasteiger partial charge in [-0.05, 0) is 78.8 Å². The summed E-state index contributed by atoms with van der Waals surface area (Å²) in [7, 11) is 6.01. The number of hydrogen-bond donors (Lipinski definition) is 0. The van der Waals surface area contributed by atoms with Crippen LogP contribution in [0.4, 0.5) is 0 Å². The molecule has 0 bridgehead atoms. The highest BCUT2D eigenvalue weighted by Gasteiger charge is 2.32. The van der Waals surface area contributed by atoms with Crippen LogP contribution < -0.4 is 9.47 Å². The molecule has 0 fully saturated rings. The molecule has 2 aromatic rings. The maximum atomic E-state index is 12.1. The Balaban J connectivity index is 0.000000196. The van der Waals surface area contributed by atoms with Crippen molar-refractivity contribution in [1.29, 1.82) is 0 Å². The minimum atomic E-state index is -0.359. The Morgan fingerprint density at radius 1 is 0.771 bits per heavy atom. The van der Waals surface area contributed by atoms with Gasteiger partial charge in [0.05, 0.1) is 40.3 Å². The number of carbonyl (C=O) groups excluding carboxylic acids is 3. The second-order valence-electron chi connectivity index (χ2n) is 8.73. The van der Waals surface area contributed by atoms with Crippen molar-refractivity contribution in [1.82, 2.24) is 0 Å². The van der Waals surface area contributed by atoms with Gasteiger partial charge in [0, 0.05) is 12.0 Å². The van der Waals surface area contributed by atoms with Crippen LogP contribution in [-0.4, -0.2) is 46.2 Å². The van der Waals surface area contributed by atoms with Crippen LogP contribution in [0.15, 0.2) is 30.3 Å². The molecule has 0 saturated carbocycles. The summed E-state index contributed by atoms with van der Waals surface area (Å²) in [5, 5.41) is 0. The Morgan fingerprint density at radius 3 is 1.97 bits per heavy atom. The molecule has 2 unspecified atom stereocenters. The van der Waals surface area contributed by atoms with E-state index in [0.717, 1.165) is 28.0 Å². The minimum Gasteiger partial charge on any atom is -0.497 e. The fourth-order valence-corrected chi connectivity index (χ4v) is 4.58. The first-order chi connectivity index (χ1) is 16.7. The maximum absolute atomic E-state index is 12.1. The molecule has 2 aliphatic carbocycles. The Morgan fingerprint density at radius 2 is 1.37 bits per heavy atom. The van der Waals surface area contributed by atoms with E-state index in [0.29, 0.717) is 24.2 Å². The van der Waals surface area contributed by atoms with E-state index in [4.69, 9.17) is 18.9 Å². The summed E-state index contributed by atoms with van der Waals surface area (Å²) in [6, 6.07) is 7.61. The zero-order chi connectivity index (χ0) is 25.7. The molecule has 0 amide bonds. The van der Waals surface area contributed by atoms with Gasteiger partial charge >= 0.3 is 11.9 Å². The second kappa shape index (κ2) is 11.2. The zero-order valence-electron chi connectivity index (χ0n) is 21.1. The Kier molecular flexibility index (Phi) is 8.33. The van der Waals surface area contributed by atoms with E-state index in [9.17, 15) is 14.4 Å². The molecular formula is C28H32O7. The zero-order valence-corrected chi connectivity index (χ0v) is 21.1. The van der Waals surface area contributed by atoms with Gasteiger partial charge in [0.1, 0.15) is 11.5 Å². The molecule has 4 rings (SSSR count). The van der Waals surface area contributed by atoms with Gasteiger partial charge < -0.3 is 18.9 Å². The Bertz CT molecular complexity index is 1160. The van der Waals surface area contributed by atoms with Gasteiger partial charge in [-0.25, -0.2) is 0 Å². The molecule has 2 aromatic carbocycles. The van der Waals surface area contributed by atoms with E-state index in [2.05, 4.69) is 0 Å². The van der Waals surface area contributed by atoms with Crippen LogP contribution in [0, 0.1) is 25.7 Å². The number of ketones is 1. The smallest absolute Gasteiger partial charge is 0.312 e. The summed E-state index contributed by atoms with van der Waals surface area (Å²) >= 11 is 0. The molecule has 0 radical (unpaired) electrons. The van der Waals surface area contributed by atoms with Gasteiger partial charge in [0.2, 0.25) is 0 Å². The van der Waals surface area contributed by atoms with Crippen molar-refractivity contribution in [3.8, 4) is 11.5 Å². The van der Waals surface area contributed by atoms with E-state index >= 15 is 0 Å². The first-order valence-electron chi connectivity index (χ1n) is 11.4. The average molecular weight is 481 g/mol. The third kappa shape index (κ3) is 5.73. The van der Waals surface area contributed by atoms with Crippen molar-refractivity contribution in [2.75, 3.05) is 28.4 Å². The van der Waals surface area contributed by atoms with Gasteiger partial charge in [0.15, 0.2) is 5.78 Å². The molecule has 0 aliphatic heterocycles. The molecule has 2 atom stereocenters. The lowest BCUT2D eigenvalue weighted by molar-refractivity contribution is -0.145. The normalized spacial score (nSPS) is 17.8. The van der Waals surface area contributed by atoms with Crippen LogP contribution in [0.5, 0.6) is 11.5 Å². The summed E-state index contributed by atoms with van der Waals surface area (Å²) in [5.74, 6) is 0.486. The topological polar surface area (TPSA) is 88.1 Å². The van der Waals surface area contributed by atoms with Gasteiger partial charge in [0.25, 0.3) is 0 Å². The Labute approximate surface area is 206 Å². The number of esters is 2. The average Bonchev–Trinajstić information content (AvgIpc) is 2.87. The summed E-state index contributed by atoms with van der Waals surface area (Å²) < 4.78 is 19.9. The van der Waals surface area contributed by atoms with Gasteiger partial charge in [-0.2, -0.15) is 0 Å². The molecular weight excluding hydrogens is 448 g/mol. The number of ether oxygens (including phenoxy) is 4. The third-order valence-electron chi connectivity index (χ3n) is 6.55. The molecule has 35 heavy (non-hydrogen) atoms. The van der Waals surface area contributed by atoms with Crippen molar-refractivity contribution in [3.05, 3.63) is 63.7 Å². The Hall–Kier alpha value is -3.61. The van der Waals surface area contributed by atoms with Crippen molar-refractivity contribution < 1.29 is 33.3 Å². The van der Waals surface area contributed by atoms with E-state index in [1.54, 1.807) is 20.3 Å². The standard InChI is InChI=1S/C14H16O4.C14H16O3/c1-8-4-10(17-2)7-12-11(8)5-9(6-13(12)15)14(16)18-3;1-9-6-12(16-2)7-10-4-5-11(8-13(9)10)14(15)17-3/h4,7,9H,5-6H2,1-3H3;4-7,11H,8H2,1-3H3. The summed E-state index contributed by atoms with van der Waals surface area (Å²) in [6.07, 6.45) is 5.34. The van der Waals surface area contributed by atoms with Crippen molar-refractivity contribution >= 4 is 23.8 Å². The molecule has 0 spiro atoms. The number of rotatable bonds is 4. The fraction of sp³-hybridized carbons (Fsp3) is 0.393. The molecule has 0 saturated heterocycles. The van der Waals surface area contributed by atoms with E-state index < -0.39 is 0 Å². The SMILES string of the molecule is COC(=O)C1C=Cc2cc(OC)cc(C)c2C1.COC(=O)C1CC(=O)c2cc(OC)cc(C)c2C1. The quantitative estimate of drug-likeness (QED) is 0.604. The predicted molar refractivity (Wildman–Crippen MR) is 132 cm³/mol. The number of hydrogen-bond acceptors (Lipinski definition) is 7. The van der Waals surface area contributed by atoms with Crippen molar-refractivity contribution in [3.63, 3.8) is 0 Å². The molecule has 7 nitrogen and oxygen atoms in total.